The fourth-order valence-corrected chi connectivity index (χ4v) is 6.42. The summed E-state index contributed by atoms with van der Waals surface area (Å²) in [6.45, 7) is 3.31. The number of para-hydroxylation sites is 1. The summed E-state index contributed by atoms with van der Waals surface area (Å²) in [6.07, 6.45) is 0.883. The second kappa shape index (κ2) is 12.2. The lowest BCUT2D eigenvalue weighted by Gasteiger charge is -2.37. The molecule has 0 aliphatic carbocycles. The molecule has 0 saturated carbocycles. The average molecular weight is 636 g/mol. The van der Waals surface area contributed by atoms with E-state index in [0.717, 1.165) is 40.9 Å². The zero-order chi connectivity index (χ0) is 32.7. The summed E-state index contributed by atoms with van der Waals surface area (Å²) < 4.78 is 45.3. The quantitative estimate of drug-likeness (QED) is 0.176. The maximum Gasteiger partial charge on any atom is 0.418 e. The molecule has 7 nitrogen and oxygen atoms in total. The third-order valence-corrected chi connectivity index (χ3v) is 8.90. The number of unbranched alkanes of at least 4 members (excludes halogenated alkanes) is 1. The number of carbonyl (C=O) groups excluding carboxylic acids is 1. The largest absolute Gasteiger partial charge is 0.418 e. The Morgan fingerprint density at radius 2 is 1.60 bits per heavy atom. The number of benzene rings is 3. The Bertz CT molecular complexity index is 2200. The number of nitrogens with zero attached hydrogens (tertiary/aromatic N) is 5. The fourth-order valence-electron chi connectivity index (χ4n) is 6.42. The highest BCUT2D eigenvalue weighted by Crippen LogP contribution is 2.39. The molecule has 6 aromatic rings. The van der Waals surface area contributed by atoms with Crippen molar-refractivity contribution in [2.75, 3.05) is 31.1 Å². The van der Waals surface area contributed by atoms with E-state index in [1.54, 1.807) is 34.3 Å². The van der Waals surface area contributed by atoms with Gasteiger partial charge in [-0.15, -0.1) is 0 Å². The Labute approximate surface area is 268 Å². The molecule has 0 radical (unpaired) electrons. The van der Waals surface area contributed by atoms with E-state index in [-0.39, 0.29) is 30.4 Å². The second-order valence-electron chi connectivity index (χ2n) is 11.9. The summed E-state index contributed by atoms with van der Waals surface area (Å²) in [4.78, 5) is 38.6. The SMILES string of the molecule is CCCCC(=O)N1CCN(c2ccc(-n3c(=O)ccc4cnc5ccc(-c6cnc7ccccc7c6)cc5c43)cc2C(F)(F)F)CC1. The van der Waals surface area contributed by atoms with Crippen LogP contribution in [0.2, 0.25) is 0 Å². The Morgan fingerprint density at radius 3 is 2.38 bits per heavy atom. The number of anilines is 1. The summed E-state index contributed by atoms with van der Waals surface area (Å²) in [6, 6.07) is 22.5. The Morgan fingerprint density at radius 1 is 0.809 bits per heavy atom. The van der Waals surface area contributed by atoms with Gasteiger partial charge in [-0.25, -0.2) is 0 Å². The number of hydrogen-bond acceptors (Lipinski definition) is 5. The fraction of sp³-hybridized carbons (Fsp3) is 0.243. The summed E-state index contributed by atoms with van der Waals surface area (Å²) in [5.74, 6) is 0.0370. The standard InChI is InChI=1S/C37H32F3N5O2/c1-2-3-8-34(46)44-17-15-43(16-18-44)33-13-11-28(21-30(33)37(38,39)40)45-35(47)14-10-26-22-42-32-12-9-24(20-29(32)36(26)45)27-19-25-6-4-5-7-31(25)41-23-27/h4-7,9-14,19-23H,2-3,8,15-18H2,1H3. The first-order valence-corrected chi connectivity index (χ1v) is 15.8. The van der Waals surface area contributed by atoms with Gasteiger partial charge >= 0.3 is 6.18 Å². The molecule has 1 aliphatic heterocycles. The van der Waals surface area contributed by atoms with Gasteiger partial charge in [-0.2, -0.15) is 13.2 Å². The molecule has 1 saturated heterocycles. The van der Waals surface area contributed by atoms with E-state index < -0.39 is 17.3 Å². The molecule has 0 unspecified atom stereocenters. The van der Waals surface area contributed by atoms with Gasteiger partial charge in [0.1, 0.15) is 0 Å². The number of halogens is 3. The van der Waals surface area contributed by atoms with Crippen molar-refractivity contribution in [3.8, 4) is 16.8 Å². The number of pyridine rings is 3. The number of piperazine rings is 1. The van der Waals surface area contributed by atoms with Gasteiger partial charge in [-0.3, -0.25) is 24.1 Å². The number of fused-ring (bicyclic) bond motifs is 4. The van der Waals surface area contributed by atoms with Crippen molar-refractivity contribution in [3.05, 3.63) is 107 Å². The monoisotopic (exact) mass is 635 g/mol. The summed E-state index contributed by atoms with van der Waals surface area (Å²) >= 11 is 0. The third-order valence-electron chi connectivity index (χ3n) is 8.90. The number of hydrogen-bond donors (Lipinski definition) is 0. The first kappa shape index (κ1) is 30.4. The number of rotatable bonds is 6. The van der Waals surface area contributed by atoms with Gasteiger partial charge in [0.25, 0.3) is 5.56 Å². The Hall–Kier alpha value is -5.25. The molecule has 0 N–H and O–H groups in total. The molecule has 47 heavy (non-hydrogen) atoms. The van der Waals surface area contributed by atoms with Crippen LogP contribution >= 0.6 is 0 Å². The molecule has 0 bridgehead atoms. The zero-order valence-electron chi connectivity index (χ0n) is 25.8. The highest BCUT2D eigenvalue weighted by atomic mass is 19.4. The van der Waals surface area contributed by atoms with E-state index in [1.165, 1.54) is 16.7 Å². The lowest BCUT2D eigenvalue weighted by atomic mass is 10.0. The van der Waals surface area contributed by atoms with Crippen molar-refractivity contribution >= 4 is 44.3 Å². The van der Waals surface area contributed by atoms with Crippen LogP contribution in [0.5, 0.6) is 0 Å². The van der Waals surface area contributed by atoms with Crippen molar-refractivity contribution in [2.45, 2.75) is 32.4 Å². The van der Waals surface area contributed by atoms with Crippen molar-refractivity contribution in [1.82, 2.24) is 19.4 Å². The molecule has 0 spiro atoms. The zero-order valence-corrected chi connectivity index (χ0v) is 25.8. The van der Waals surface area contributed by atoms with Gasteiger partial charge in [0.2, 0.25) is 5.91 Å². The van der Waals surface area contributed by atoms with E-state index in [4.69, 9.17) is 0 Å². The Balaban J connectivity index is 1.32. The van der Waals surface area contributed by atoms with Gasteiger partial charge in [-0.1, -0.05) is 37.6 Å². The van der Waals surface area contributed by atoms with Crippen LogP contribution in [-0.4, -0.2) is 51.5 Å². The average Bonchev–Trinajstić information content (AvgIpc) is 3.09. The van der Waals surface area contributed by atoms with E-state index in [0.29, 0.717) is 41.3 Å². The van der Waals surface area contributed by atoms with Gasteiger partial charge < -0.3 is 9.80 Å². The van der Waals surface area contributed by atoms with E-state index in [1.807, 2.05) is 55.5 Å². The minimum atomic E-state index is -4.67. The third kappa shape index (κ3) is 5.80. The minimum absolute atomic E-state index is 0.0350. The maximum atomic E-state index is 14.7. The molecule has 1 fully saturated rings. The van der Waals surface area contributed by atoms with Crippen LogP contribution in [0.3, 0.4) is 0 Å². The summed E-state index contributed by atoms with van der Waals surface area (Å²) in [7, 11) is 0. The Kier molecular flexibility index (Phi) is 7.87. The number of aromatic nitrogens is 3. The topological polar surface area (TPSA) is 71.3 Å². The van der Waals surface area contributed by atoms with Crippen molar-refractivity contribution in [1.29, 1.82) is 0 Å². The van der Waals surface area contributed by atoms with Crippen LogP contribution in [0.4, 0.5) is 18.9 Å². The van der Waals surface area contributed by atoms with Crippen LogP contribution in [0.25, 0.3) is 49.5 Å². The van der Waals surface area contributed by atoms with Gasteiger partial charge in [0.05, 0.1) is 27.8 Å². The van der Waals surface area contributed by atoms with Gasteiger partial charge in [0.15, 0.2) is 0 Å². The van der Waals surface area contributed by atoms with Crippen molar-refractivity contribution in [3.63, 3.8) is 0 Å². The van der Waals surface area contributed by atoms with Crippen LogP contribution in [0.15, 0.2) is 96.1 Å². The lowest BCUT2D eigenvalue weighted by molar-refractivity contribution is -0.137. The van der Waals surface area contributed by atoms with Crippen LogP contribution in [0, 0.1) is 0 Å². The first-order chi connectivity index (χ1) is 22.7. The number of alkyl halides is 3. The first-order valence-electron chi connectivity index (χ1n) is 15.8. The van der Waals surface area contributed by atoms with E-state index >= 15 is 0 Å². The summed E-state index contributed by atoms with van der Waals surface area (Å²) in [5.41, 5.74) is 2.50. The number of carbonyl (C=O) groups is 1. The molecule has 3 aromatic heterocycles. The maximum absolute atomic E-state index is 14.7. The van der Waals surface area contributed by atoms with Crippen LogP contribution < -0.4 is 10.5 Å². The highest BCUT2D eigenvalue weighted by molar-refractivity contribution is 6.05. The molecular formula is C37H32F3N5O2. The van der Waals surface area contributed by atoms with Gasteiger partial charge in [-0.05, 0) is 60.5 Å². The van der Waals surface area contributed by atoms with Crippen molar-refractivity contribution in [2.24, 2.45) is 0 Å². The second-order valence-corrected chi connectivity index (χ2v) is 11.9. The molecule has 0 atom stereocenters. The lowest BCUT2D eigenvalue weighted by Crippen LogP contribution is -2.49. The minimum Gasteiger partial charge on any atom is -0.367 e. The molecule has 238 valence electrons. The number of amides is 1. The molecule has 1 aliphatic rings. The predicted octanol–water partition coefficient (Wildman–Crippen LogP) is 7.61. The van der Waals surface area contributed by atoms with Crippen LogP contribution in [-0.2, 0) is 11.0 Å². The molecule has 10 heteroatoms. The van der Waals surface area contributed by atoms with E-state index in [9.17, 15) is 22.8 Å². The molecule has 4 heterocycles. The van der Waals surface area contributed by atoms with Crippen LogP contribution in [0.1, 0.15) is 31.7 Å². The molecular weight excluding hydrogens is 603 g/mol. The van der Waals surface area contributed by atoms with Crippen molar-refractivity contribution < 1.29 is 18.0 Å². The normalized spacial score (nSPS) is 14.0. The highest BCUT2D eigenvalue weighted by Gasteiger charge is 2.36. The van der Waals surface area contributed by atoms with E-state index in [2.05, 4.69) is 9.97 Å². The summed E-state index contributed by atoms with van der Waals surface area (Å²) in [5, 5.41) is 2.22. The van der Waals surface area contributed by atoms with Gasteiger partial charge in [0, 0.05) is 78.5 Å². The molecule has 1 amide bonds. The smallest absolute Gasteiger partial charge is 0.367 e. The molecule has 7 rings (SSSR count). The molecule has 3 aromatic carbocycles. The predicted molar refractivity (Wildman–Crippen MR) is 179 cm³/mol.